The maximum atomic E-state index is 11.3. The molecular formula is C37H28Br2N4O9. The first-order chi connectivity index (χ1) is 25.0. The van der Waals surface area contributed by atoms with Crippen molar-refractivity contribution in [1.82, 2.24) is 4.98 Å². The van der Waals surface area contributed by atoms with Crippen molar-refractivity contribution in [2.45, 2.75) is 13.2 Å². The zero-order chi connectivity index (χ0) is 37.5. The molecule has 0 fully saturated rings. The highest BCUT2D eigenvalue weighted by Crippen LogP contribution is 2.33. The molecule has 0 bridgehead atoms. The van der Waals surface area contributed by atoms with Gasteiger partial charge in [0.15, 0.2) is 17.2 Å². The van der Waals surface area contributed by atoms with Crippen LogP contribution in [0.2, 0.25) is 0 Å². The number of hydrogen-bond acceptors (Lipinski definition) is 10. The summed E-state index contributed by atoms with van der Waals surface area (Å²) in [5, 5.41) is 41.4. The van der Waals surface area contributed by atoms with Gasteiger partial charge in [0.25, 0.3) is 0 Å². The first-order valence-corrected chi connectivity index (χ1v) is 16.7. The van der Waals surface area contributed by atoms with Crippen molar-refractivity contribution in [2.24, 2.45) is 0 Å². The number of nitro groups is 3. The van der Waals surface area contributed by atoms with Crippen LogP contribution in [0.3, 0.4) is 0 Å². The molecule has 6 aromatic rings. The van der Waals surface area contributed by atoms with Crippen LogP contribution >= 0.6 is 31.9 Å². The van der Waals surface area contributed by atoms with Crippen LogP contribution in [-0.4, -0.2) is 24.9 Å². The summed E-state index contributed by atoms with van der Waals surface area (Å²) in [6.45, 7) is 0.597. The number of benzene rings is 5. The van der Waals surface area contributed by atoms with E-state index in [0.29, 0.717) is 15.6 Å². The maximum absolute atomic E-state index is 11.3. The van der Waals surface area contributed by atoms with Crippen molar-refractivity contribution in [3.63, 3.8) is 0 Å². The number of halogens is 2. The fourth-order valence-corrected chi connectivity index (χ4v) is 5.07. The van der Waals surface area contributed by atoms with E-state index in [4.69, 9.17) is 14.6 Å². The van der Waals surface area contributed by atoms with Gasteiger partial charge in [0.1, 0.15) is 13.2 Å². The number of ether oxygens (including phenoxy) is 2. The molecule has 52 heavy (non-hydrogen) atoms. The number of phenols is 1. The SMILES string of the molecule is O=[N+]([O-])c1cc(-c2ccncc2)ccc1OCc1ccccc1.O=[N+]([O-])c1cc(Br)ccc1O.O=[N+]([O-])c1cc(Br)ccc1OCc1ccccc1. The van der Waals surface area contributed by atoms with E-state index in [2.05, 4.69) is 36.8 Å². The number of pyridine rings is 1. The Morgan fingerprint density at radius 3 is 1.46 bits per heavy atom. The molecule has 1 aromatic heterocycles. The van der Waals surface area contributed by atoms with E-state index in [-0.39, 0.29) is 40.9 Å². The van der Waals surface area contributed by atoms with Crippen molar-refractivity contribution >= 4 is 48.9 Å². The first-order valence-electron chi connectivity index (χ1n) is 15.1. The monoisotopic (exact) mass is 830 g/mol. The highest BCUT2D eigenvalue weighted by Gasteiger charge is 2.18. The summed E-state index contributed by atoms with van der Waals surface area (Å²) in [4.78, 5) is 34.9. The molecular weight excluding hydrogens is 804 g/mol. The van der Waals surface area contributed by atoms with Crippen molar-refractivity contribution < 1.29 is 29.4 Å². The molecule has 1 heterocycles. The molecule has 0 aliphatic carbocycles. The fourth-order valence-electron chi connectivity index (χ4n) is 4.37. The molecule has 264 valence electrons. The van der Waals surface area contributed by atoms with Crippen LogP contribution < -0.4 is 9.47 Å². The molecule has 0 spiro atoms. The van der Waals surface area contributed by atoms with Gasteiger partial charge in [-0.15, -0.1) is 0 Å². The normalized spacial score (nSPS) is 10.0. The van der Waals surface area contributed by atoms with Gasteiger partial charge in [0.2, 0.25) is 0 Å². The predicted octanol–water partition coefficient (Wildman–Crippen LogP) is 10.2. The van der Waals surface area contributed by atoms with Gasteiger partial charge in [-0.1, -0.05) is 98.6 Å². The Balaban J connectivity index is 0.000000186. The Bertz CT molecular complexity index is 2130. The third-order valence-electron chi connectivity index (χ3n) is 6.90. The molecule has 0 aliphatic rings. The number of rotatable bonds is 10. The summed E-state index contributed by atoms with van der Waals surface area (Å²) in [5.74, 6) is 0.210. The van der Waals surface area contributed by atoms with E-state index >= 15 is 0 Å². The van der Waals surface area contributed by atoms with E-state index in [1.54, 1.807) is 30.6 Å². The van der Waals surface area contributed by atoms with Gasteiger partial charge in [0, 0.05) is 39.5 Å². The molecule has 13 nitrogen and oxygen atoms in total. The van der Waals surface area contributed by atoms with Crippen molar-refractivity contribution in [1.29, 1.82) is 0 Å². The minimum atomic E-state index is -0.639. The summed E-state index contributed by atoms with van der Waals surface area (Å²) in [5.41, 5.74) is 3.17. The fraction of sp³-hybridized carbons (Fsp3) is 0.0541. The highest BCUT2D eigenvalue weighted by atomic mass is 79.9. The second-order valence-corrected chi connectivity index (χ2v) is 12.3. The third kappa shape index (κ3) is 11.7. The quantitative estimate of drug-likeness (QED) is 0.103. The molecule has 1 N–H and O–H groups in total. The van der Waals surface area contributed by atoms with Crippen LogP contribution in [0.1, 0.15) is 11.1 Å². The number of nitro benzene ring substituents is 3. The molecule has 5 aromatic carbocycles. The average Bonchev–Trinajstić information content (AvgIpc) is 3.16. The first kappa shape index (κ1) is 38.6. The number of aromatic hydroxyl groups is 1. The molecule has 0 saturated heterocycles. The van der Waals surface area contributed by atoms with E-state index in [1.165, 1.54) is 30.3 Å². The van der Waals surface area contributed by atoms with E-state index in [9.17, 15) is 30.3 Å². The second kappa shape index (κ2) is 19.3. The summed E-state index contributed by atoms with van der Waals surface area (Å²) in [6, 6.07) is 36.4. The second-order valence-electron chi connectivity index (χ2n) is 10.5. The Morgan fingerprint density at radius 2 is 0.981 bits per heavy atom. The largest absolute Gasteiger partial charge is 0.502 e. The van der Waals surface area contributed by atoms with Gasteiger partial charge in [-0.3, -0.25) is 35.3 Å². The lowest BCUT2D eigenvalue weighted by atomic mass is 10.1. The molecule has 6 rings (SSSR count). The topological polar surface area (TPSA) is 181 Å². The van der Waals surface area contributed by atoms with Gasteiger partial charge in [0.05, 0.1) is 14.8 Å². The number of nitrogens with zero attached hydrogens (tertiary/aromatic N) is 4. The summed E-state index contributed by atoms with van der Waals surface area (Å²) < 4.78 is 12.3. The molecule has 0 amide bonds. The Labute approximate surface area is 313 Å². The van der Waals surface area contributed by atoms with Gasteiger partial charge < -0.3 is 14.6 Å². The van der Waals surface area contributed by atoms with Gasteiger partial charge >= 0.3 is 17.1 Å². The van der Waals surface area contributed by atoms with Gasteiger partial charge in [-0.25, -0.2) is 0 Å². The molecule has 0 radical (unpaired) electrons. The third-order valence-corrected chi connectivity index (χ3v) is 7.88. The van der Waals surface area contributed by atoms with Crippen LogP contribution in [0, 0.1) is 30.3 Å². The van der Waals surface area contributed by atoms with Crippen LogP contribution in [0.5, 0.6) is 17.2 Å². The van der Waals surface area contributed by atoms with Crippen LogP contribution in [0.4, 0.5) is 17.1 Å². The molecule has 0 unspecified atom stereocenters. The highest BCUT2D eigenvalue weighted by molar-refractivity contribution is 9.10. The number of phenolic OH excluding ortho intramolecular Hbond substituents is 1. The Kier molecular flexibility index (Phi) is 14.3. The molecule has 0 atom stereocenters. The average molecular weight is 832 g/mol. The van der Waals surface area contributed by atoms with Crippen LogP contribution in [0.15, 0.2) is 149 Å². The number of aromatic nitrogens is 1. The summed E-state index contributed by atoms with van der Waals surface area (Å²) in [7, 11) is 0. The van der Waals surface area contributed by atoms with Gasteiger partial charge in [-0.2, -0.15) is 0 Å². The molecule has 15 heteroatoms. The molecule has 0 aliphatic heterocycles. The van der Waals surface area contributed by atoms with Gasteiger partial charge in [-0.05, 0) is 64.7 Å². The summed E-state index contributed by atoms with van der Waals surface area (Å²) >= 11 is 6.25. The smallest absolute Gasteiger partial charge is 0.312 e. The standard InChI is InChI=1S/C18H14N2O3.C13H10BrNO3.C6H4BrNO3/c21-20(22)17-12-16(15-8-10-19-11-9-15)6-7-18(17)23-13-14-4-2-1-3-5-14;14-11-6-7-13(12(8-11)15(16)17)18-9-10-4-2-1-3-5-10;7-4-1-2-6(9)5(3-4)8(10)11/h1-12H,13H2;1-8H,9H2;1-3,9H. The maximum Gasteiger partial charge on any atom is 0.312 e. The van der Waals surface area contributed by atoms with E-state index in [1.807, 2.05) is 78.9 Å². The lowest BCUT2D eigenvalue weighted by Crippen LogP contribution is -1.99. The lowest BCUT2D eigenvalue weighted by molar-refractivity contribution is -0.386. The summed E-state index contributed by atoms with van der Waals surface area (Å²) in [6.07, 6.45) is 3.31. The van der Waals surface area contributed by atoms with E-state index < -0.39 is 14.8 Å². The minimum absolute atomic E-state index is 0.0414. The van der Waals surface area contributed by atoms with Crippen LogP contribution in [0.25, 0.3) is 11.1 Å². The van der Waals surface area contributed by atoms with E-state index in [0.717, 1.165) is 22.3 Å². The zero-order valence-electron chi connectivity index (χ0n) is 27.0. The number of hydrogen-bond donors (Lipinski definition) is 1. The lowest BCUT2D eigenvalue weighted by Gasteiger charge is -2.08. The predicted molar refractivity (Wildman–Crippen MR) is 201 cm³/mol. The van der Waals surface area contributed by atoms with Crippen molar-refractivity contribution in [2.75, 3.05) is 0 Å². The minimum Gasteiger partial charge on any atom is -0.502 e. The van der Waals surface area contributed by atoms with Crippen molar-refractivity contribution in [3.8, 4) is 28.4 Å². The zero-order valence-corrected chi connectivity index (χ0v) is 30.1. The van der Waals surface area contributed by atoms with Crippen molar-refractivity contribution in [3.05, 3.63) is 190 Å². The Hall–Kier alpha value is -6.19. The molecule has 0 saturated carbocycles. The Morgan fingerprint density at radius 1 is 0.538 bits per heavy atom. The van der Waals surface area contributed by atoms with Crippen LogP contribution in [-0.2, 0) is 13.2 Å².